The molecule has 2 rings (SSSR count). The number of aromatic nitrogens is 1. The molecule has 1 heterocycles. The van der Waals surface area contributed by atoms with Crippen LogP contribution in [0.2, 0.25) is 0 Å². The van der Waals surface area contributed by atoms with Crippen molar-refractivity contribution in [1.29, 1.82) is 0 Å². The van der Waals surface area contributed by atoms with Crippen LogP contribution < -0.4 is 4.74 Å². The molecule has 0 aliphatic heterocycles. The lowest BCUT2D eigenvalue weighted by Crippen LogP contribution is -2.21. The molecule has 1 aliphatic rings. The second-order valence-electron chi connectivity index (χ2n) is 5.30. The molecular formula is C15H23NO2. The van der Waals surface area contributed by atoms with E-state index in [0.29, 0.717) is 5.92 Å². The van der Waals surface area contributed by atoms with Gasteiger partial charge in [0, 0.05) is 11.8 Å². The SMILES string of the molecule is CCC1CCCC(C(O)c2cncc(OC)c2)C1. The Morgan fingerprint density at radius 3 is 3.00 bits per heavy atom. The minimum atomic E-state index is -0.401. The van der Waals surface area contributed by atoms with E-state index in [1.807, 2.05) is 6.07 Å². The molecule has 0 saturated heterocycles. The van der Waals surface area contributed by atoms with Crippen molar-refractivity contribution in [2.75, 3.05) is 7.11 Å². The first kappa shape index (κ1) is 13.3. The van der Waals surface area contributed by atoms with E-state index in [1.54, 1.807) is 19.5 Å². The number of aliphatic hydroxyl groups is 1. The number of nitrogens with zero attached hydrogens (tertiary/aromatic N) is 1. The van der Waals surface area contributed by atoms with Gasteiger partial charge in [-0.05, 0) is 30.7 Å². The first-order valence-corrected chi connectivity index (χ1v) is 6.91. The summed E-state index contributed by atoms with van der Waals surface area (Å²) in [5.41, 5.74) is 0.885. The lowest BCUT2D eigenvalue weighted by molar-refractivity contribution is 0.0673. The number of aliphatic hydroxyl groups excluding tert-OH is 1. The highest BCUT2D eigenvalue weighted by molar-refractivity contribution is 5.25. The first-order valence-electron chi connectivity index (χ1n) is 6.91. The summed E-state index contributed by atoms with van der Waals surface area (Å²) in [6, 6.07) is 1.90. The summed E-state index contributed by atoms with van der Waals surface area (Å²) in [6.07, 6.45) is 9.05. The van der Waals surface area contributed by atoms with E-state index in [1.165, 1.54) is 19.3 Å². The van der Waals surface area contributed by atoms with Crippen LogP contribution in [-0.4, -0.2) is 17.2 Å². The summed E-state index contributed by atoms with van der Waals surface area (Å²) in [6.45, 7) is 2.24. The van der Waals surface area contributed by atoms with Crippen molar-refractivity contribution in [3.8, 4) is 5.75 Å². The molecule has 3 atom stereocenters. The average molecular weight is 249 g/mol. The second-order valence-corrected chi connectivity index (χ2v) is 5.30. The van der Waals surface area contributed by atoms with Gasteiger partial charge in [0.05, 0.1) is 19.4 Å². The maximum atomic E-state index is 10.5. The van der Waals surface area contributed by atoms with Crippen molar-refractivity contribution in [2.24, 2.45) is 11.8 Å². The van der Waals surface area contributed by atoms with Gasteiger partial charge in [-0.2, -0.15) is 0 Å². The van der Waals surface area contributed by atoms with Crippen LogP contribution in [-0.2, 0) is 0 Å². The van der Waals surface area contributed by atoms with E-state index in [-0.39, 0.29) is 0 Å². The van der Waals surface area contributed by atoms with E-state index in [0.717, 1.165) is 30.1 Å². The zero-order valence-corrected chi connectivity index (χ0v) is 11.3. The zero-order chi connectivity index (χ0) is 13.0. The minimum absolute atomic E-state index is 0.373. The van der Waals surface area contributed by atoms with Crippen LogP contribution >= 0.6 is 0 Å². The van der Waals surface area contributed by atoms with E-state index in [9.17, 15) is 5.11 Å². The molecule has 1 aromatic heterocycles. The third-order valence-electron chi connectivity index (χ3n) is 4.16. The van der Waals surface area contributed by atoms with Crippen LogP contribution in [0, 0.1) is 11.8 Å². The van der Waals surface area contributed by atoms with Crippen LogP contribution in [0.5, 0.6) is 5.75 Å². The molecule has 0 bridgehead atoms. The summed E-state index contributed by atoms with van der Waals surface area (Å²) in [5.74, 6) is 1.86. The normalized spacial score (nSPS) is 25.7. The fourth-order valence-electron chi connectivity index (χ4n) is 2.97. The third kappa shape index (κ3) is 3.02. The first-order chi connectivity index (χ1) is 8.74. The topological polar surface area (TPSA) is 42.4 Å². The highest BCUT2D eigenvalue weighted by Gasteiger charge is 2.27. The Hall–Kier alpha value is -1.09. The lowest BCUT2D eigenvalue weighted by Gasteiger charge is -2.31. The van der Waals surface area contributed by atoms with Gasteiger partial charge in [0.2, 0.25) is 0 Å². The van der Waals surface area contributed by atoms with Crippen molar-refractivity contribution in [3.63, 3.8) is 0 Å². The predicted molar refractivity (Wildman–Crippen MR) is 71.5 cm³/mol. The Morgan fingerprint density at radius 2 is 2.28 bits per heavy atom. The molecule has 1 saturated carbocycles. The molecule has 0 radical (unpaired) electrons. The molecule has 3 heteroatoms. The quantitative estimate of drug-likeness (QED) is 0.890. The van der Waals surface area contributed by atoms with E-state index in [4.69, 9.17) is 4.74 Å². The molecule has 100 valence electrons. The zero-order valence-electron chi connectivity index (χ0n) is 11.3. The summed E-state index contributed by atoms with van der Waals surface area (Å²) >= 11 is 0. The van der Waals surface area contributed by atoms with Crippen LogP contribution in [0.15, 0.2) is 18.5 Å². The van der Waals surface area contributed by atoms with Crippen molar-refractivity contribution in [3.05, 3.63) is 24.0 Å². The summed E-state index contributed by atoms with van der Waals surface area (Å²) < 4.78 is 5.16. The smallest absolute Gasteiger partial charge is 0.137 e. The lowest BCUT2D eigenvalue weighted by atomic mass is 9.76. The van der Waals surface area contributed by atoms with E-state index >= 15 is 0 Å². The Kier molecular flexibility index (Phi) is 4.59. The molecule has 0 aromatic carbocycles. The van der Waals surface area contributed by atoms with Gasteiger partial charge in [0.25, 0.3) is 0 Å². The molecule has 1 N–H and O–H groups in total. The number of ether oxygens (including phenoxy) is 1. The van der Waals surface area contributed by atoms with Crippen molar-refractivity contribution in [2.45, 2.75) is 45.1 Å². The Morgan fingerprint density at radius 1 is 1.44 bits per heavy atom. The van der Waals surface area contributed by atoms with E-state index in [2.05, 4.69) is 11.9 Å². The fourth-order valence-corrected chi connectivity index (χ4v) is 2.97. The predicted octanol–water partition coefficient (Wildman–Crippen LogP) is 3.34. The van der Waals surface area contributed by atoms with Gasteiger partial charge in [-0.1, -0.05) is 26.2 Å². The number of pyridine rings is 1. The second kappa shape index (κ2) is 6.19. The highest BCUT2D eigenvalue weighted by atomic mass is 16.5. The molecule has 0 amide bonds. The molecule has 1 aliphatic carbocycles. The van der Waals surface area contributed by atoms with Gasteiger partial charge in [-0.25, -0.2) is 0 Å². The maximum Gasteiger partial charge on any atom is 0.137 e. The van der Waals surface area contributed by atoms with Crippen molar-refractivity contribution < 1.29 is 9.84 Å². The summed E-state index contributed by atoms with van der Waals surface area (Å²) in [5, 5.41) is 10.5. The van der Waals surface area contributed by atoms with Gasteiger partial charge in [-0.3, -0.25) is 4.98 Å². The Balaban J connectivity index is 2.07. The molecule has 18 heavy (non-hydrogen) atoms. The molecule has 1 fully saturated rings. The van der Waals surface area contributed by atoms with Crippen molar-refractivity contribution in [1.82, 2.24) is 4.98 Å². The maximum absolute atomic E-state index is 10.5. The average Bonchev–Trinajstić information content (AvgIpc) is 2.46. The van der Waals surface area contributed by atoms with Gasteiger partial charge in [-0.15, -0.1) is 0 Å². The Labute approximate surface area is 109 Å². The molecule has 3 unspecified atom stereocenters. The highest BCUT2D eigenvalue weighted by Crippen LogP contribution is 2.38. The van der Waals surface area contributed by atoms with Gasteiger partial charge < -0.3 is 9.84 Å². The van der Waals surface area contributed by atoms with Gasteiger partial charge in [0.15, 0.2) is 0 Å². The largest absolute Gasteiger partial charge is 0.495 e. The Bertz CT molecular complexity index is 381. The van der Waals surface area contributed by atoms with Crippen LogP contribution in [0.1, 0.15) is 50.7 Å². The van der Waals surface area contributed by atoms with Crippen LogP contribution in [0.3, 0.4) is 0 Å². The number of hydrogen-bond acceptors (Lipinski definition) is 3. The summed E-state index contributed by atoms with van der Waals surface area (Å²) in [4.78, 5) is 4.13. The number of rotatable bonds is 4. The third-order valence-corrected chi connectivity index (χ3v) is 4.16. The monoisotopic (exact) mass is 249 g/mol. The minimum Gasteiger partial charge on any atom is -0.495 e. The number of hydrogen-bond donors (Lipinski definition) is 1. The molecule has 0 spiro atoms. The van der Waals surface area contributed by atoms with Crippen LogP contribution in [0.25, 0.3) is 0 Å². The van der Waals surface area contributed by atoms with Gasteiger partial charge in [0.1, 0.15) is 5.75 Å². The summed E-state index contributed by atoms with van der Waals surface area (Å²) in [7, 11) is 1.63. The van der Waals surface area contributed by atoms with Crippen LogP contribution in [0.4, 0.5) is 0 Å². The fraction of sp³-hybridized carbons (Fsp3) is 0.667. The molecule has 3 nitrogen and oxygen atoms in total. The molecular weight excluding hydrogens is 226 g/mol. The van der Waals surface area contributed by atoms with Gasteiger partial charge >= 0.3 is 0 Å². The van der Waals surface area contributed by atoms with E-state index < -0.39 is 6.10 Å². The number of methoxy groups -OCH3 is 1. The standard InChI is InChI=1S/C15H23NO2/c1-3-11-5-4-6-12(7-11)15(17)13-8-14(18-2)10-16-9-13/h8-12,15,17H,3-7H2,1-2H3. The molecule has 1 aromatic rings. The van der Waals surface area contributed by atoms with Crippen molar-refractivity contribution >= 4 is 0 Å².